The zero-order valence-electron chi connectivity index (χ0n) is 13.4. The number of hydrogen-bond donors (Lipinski definition) is 1. The highest BCUT2D eigenvalue weighted by atomic mass is 16.6. The number of carbonyl (C=O) groups excluding carboxylic acids is 1. The number of amides is 1. The van der Waals surface area contributed by atoms with Crippen molar-refractivity contribution in [1.82, 2.24) is 4.90 Å². The average molecular weight is 320 g/mol. The number of nitro benzene ring substituents is 1. The van der Waals surface area contributed by atoms with Crippen LogP contribution in [0.15, 0.2) is 12.1 Å². The van der Waals surface area contributed by atoms with Gasteiger partial charge in [-0.05, 0) is 38.3 Å². The van der Waals surface area contributed by atoms with Crippen molar-refractivity contribution in [3.8, 4) is 0 Å². The fraction of sp³-hybridized carbons (Fsp3) is 0.500. The molecule has 0 spiro atoms. The van der Waals surface area contributed by atoms with Crippen molar-refractivity contribution in [2.45, 2.75) is 39.7 Å². The molecule has 0 heterocycles. The Morgan fingerprint density at radius 3 is 2.43 bits per heavy atom. The van der Waals surface area contributed by atoms with E-state index >= 15 is 0 Å². The maximum atomic E-state index is 12.8. The Balaban J connectivity index is 2.35. The average Bonchev–Trinajstić information content (AvgIpc) is 3.27. The molecule has 1 atom stereocenters. The number of nitrogens with zero attached hydrogens (tertiary/aromatic N) is 2. The van der Waals surface area contributed by atoms with Crippen LogP contribution in [0.3, 0.4) is 0 Å². The molecule has 1 aliphatic carbocycles. The molecule has 1 fully saturated rings. The smallest absolute Gasteiger partial charge is 0.308 e. The first-order chi connectivity index (χ1) is 10.7. The Morgan fingerprint density at radius 1 is 1.35 bits per heavy atom. The van der Waals surface area contributed by atoms with Crippen molar-refractivity contribution < 1.29 is 19.6 Å². The number of hydrogen-bond acceptors (Lipinski definition) is 4. The first-order valence-electron chi connectivity index (χ1n) is 7.51. The molecule has 1 N–H and O–H groups in total. The number of aryl methyl sites for hydroxylation is 2. The number of aliphatic carboxylic acids is 1. The summed E-state index contributed by atoms with van der Waals surface area (Å²) in [6.45, 7) is 5.02. The van der Waals surface area contributed by atoms with Crippen LogP contribution in [0, 0.1) is 29.9 Å². The van der Waals surface area contributed by atoms with E-state index < -0.39 is 16.8 Å². The molecule has 0 aliphatic heterocycles. The molecule has 1 unspecified atom stereocenters. The molecule has 7 heteroatoms. The van der Waals surface area contributed by atoms with Crippen LogP contribution in [-0.4, -0.2) is 39.4 Å². The Labute approximate surface area is 134 Å². The van der Waals surface area contributed by atoms with Crippen molar-refractivity contribution in [3.63, 3.8) is 0 Å². The van der Waals surface area contributed by atoms with Gasteiger partial charge in [0.05, 0.1) is 10.8 Å². The van der Waals surface area contributed by atoms with Crippen LogP contribution < -0.4 is 0 Å². The Morgan fingerprint density at radius 2 is 1.96 bits per heavy atom. The molecule has 1 aliphatic rings. The molecule has 124 valence electrons. The van der Waals surface area contributed by atoms with Crippen LogP contribution in [0.25, 0.3) is 0 Å². The second-order valence-corrected chi connectivity index (χ2v) is 6.14. The lowest BCUT2D eigenvalue weighted by Gasteiger charge is -2.25. The minimum Gasteiger partial charge on any atom is -0.481 e. The zero-order chi connectivity index (χ0) is 17.3. The van der Waals surface area contributed by atoms with Crippen molar-refractivity contribution in [3.05, 3.63) is 38.9 Å². The largest absolute Gasteiger partial charge is 0.481 e. The highest BCUT2D eigenvalue weighted by Crippen LogP contribution is 2.31. The van der Waals surface area contributed by atoms with Gasteiger partial charge in [0.1, 0.15) is 0 Å². The van der Waals surface area contributed by atoms with Gasteiger partial charge in [-0.15, -0.1) is 0 Å². The van der Waals surface area contributed by atoms with Crippen LogP contribution in [-0.2, 0) is 4.79 Å². The topological polar surface area (TPSA) is 101 Å². The van der Waals surface area contributed by atoms with Gasteiger partial charge < -0.3 is 10.0 Å². The van der Waals surface area contributed by atoms with Gasteiger partial charge in [-0.25, -0.2) is 0 Å². The molecule has 23 heavy (non-hydrogen) atoms. The lowest BCUT2D eigenvalue weighted by Crippen LogP contribution is -2.38. The van der Waals surface area contributed by atoms with E-state index in [9.17, 15) is 19.7 Å². The van der Waals surface area contributed by atoms with Crippen molar-refractivity contribution in [2.24, 2.45) is 5.92 Å². The predicted molar refractivity (Wildman–Crippen MR) is 83.4 cm³/mol. The van der Waals surface area contributed by atoms with Crippen molar-refractivity contribution in [2.75, 3.05) is 6.54 Å². The third kappa shape index (κ3) is 3.67. The Kier molecular flexibility index (Phi) is 4.68. The summed E-state index contributed by atoms with van der Waals surface area (Å²) in [5.74, 6) is -1.98. The molecule has 2 rings (SSSR count). The number of rotatable bonds is 6. The van der Waals surface area contributed by atoms with Gasteiger partial charge in [-0.2, -0.15) is 0 Å². The fourth-order valence-corrected chi connectivity index (χ4v) is 2.58. The van der Waals surface area contributed by atoms with E-state index in [-0.39, 0.29) is 29.7 Å². The Hall–Kier alpha value is -2.44. The lowest BCUT2D eigenvalue weighted by molar-refractivity contribution is -0.385. The molecule has 7 nitrogen and oxygen atoms in total. The van der Waals surface area contributed by atoms with Crippen LogP contribution in [0.2, 0.25) is 0 Å². The van der Waals surface area contributed by atoms with Gasteiger partial charge in [-0.1, -0.05) is 6.92 Å². The minimum absolute atomic E-state index is 0.0315. The number of benzene rings is 1. The van der Waals surface area contributed by atoms with Crippen LogP contribution in [0.1, 0.15) is 41.3 Å². The van der Waals surface area contributed by atoms with E-state index in [1.165, 1.54) is 6.07 Å². The summed E-state index contributed by atoms with van der Waals surface area (Å²) >= 11 is 0. The van der Waals surface area contributed by atoms with Gasteiger partial charge in [0.2, 0.25) is 0 Å². The highest BCUT2D eigenvalue weighted by molar-refractivity contribution is 5.97. The first-order valence-corrected chi connectivity index (χ1v) is 7.51. The summed E-state index contributed by atoms with van der Waals surface area (Å²) in [6.07, 6.45) is 1.68. The molecule has 1 aromatic carbocycles. The Bertz CT molecular complexity index is 667. The van der Waals surface area contributed by atoms with E-state index in [0.717, 1.165) is 12.8 Å². The maximum absolute atomic E-state index is 12.8. The van der Waals surface area contributed by atoms with Gasteiger partial charge in [0.15, 0.2) is 0 Å². The number of carboxylic acid groups (broad SMARTS) is 1. The third-order valence-corrected chi connectivity index (χ3v) is 4.11. The summed E-state index contributed by atoms with van der Waals surface area (Å²) in [4.78, 5) is 36.0. The monoisotopic (exact) mass is 320 g/mol. The number of nitro groups is 1. The quantitative estimate of drug-likeness (QED) is 0.641. The maximum Gasteiger partial charge on any atom is 0.308 e. The molecular weight excluding hydrogens is 300 g/mol. The van der Waals surface area contributed by atoms with E-state index in [2.05, 4.69) is 0 Å². The van der Waals surface area contributed by atoms with E-state index in [1.54, 1.807) is 31.7 Å². The van der Waals surface area contributed by atoms with Crippen molar-refractivity contribution >= 4 is 17.6 Å². The zero-order valence-corrected chi connectivity index (χ0v) is 13.4. The molecule has 0 bridgehead atoms. The third-order valence-electron chi connectivity index (χ3n) is 4.11. The molecule has 0 aromatic heterocycles. The summed E-state index contributed by atoms with van der Waals surface area (Å²) < 4.78 is 0. The molecular formula is C16H20N2O5. The van der Waals surface area contributed by atoms with Crippen LogP contribution in [0.4, 0.5) is 5.69 Å². The van der Waals surface area contributed by atoms with Gasteiger partial charge in [-0.3, -0.25) is 19.7 Å². The van der Waals surface area contributed by atoms with Crippen molar-refractivity contribution in [1.29, 1.82) is 0 Å². The fourth-order valence-electron chi connectivity index (χ4n) is 2.58. The molecule has 0 saturated heterocycles. The summed E-state index contributed by atoms with van der Waals surface area (Å²) in [5.41, 5.74) is 1.33. The van der Waals surface area contributed by atoms with Crippen LogP contribution in [0.5, 0.6) is 0 Å². The predicted octanol–water partition coefficient (Wildman–Crippen LogP) is 2.54. The van der Waals surface area contributed by atoms with E-state index in [0.29, 0.717) is 11.1 Å². The SMILES string of the molecule is Cc1cc(C)c([N+](=O)[O-])cc1C(=O)N(CC(C)C(=O)O)C1CC1. The molecule has 0 radical (unpaired) electrons. The lowest BCUT2D eigenvalue weighted by atomic mass is 10.0. The molecule has 1 saturated carbocycles. The number of carboxylic acids is 1. The van der Waals surface area contributed by atoms with Crippen LogP contribution >= 0.6 is 0 Å². The van der Waals surface area contributed by atoms with E-state index in [4.69, 9.17) is 5.11 Å². The first kappa shape index (κ1) is 16.9. The summed E-state index contributed by atoms with van der Waals surface area (Å²) in [5, 5.41) is 20.2. The summed E-state index contributed by atoms with van der Waals surface area (Å²) in [7, 11) is 0. The second-order valence-electron chi connectivity index (χ2n) is 6.14. The summed E-state index contributed by atoms with van der Waals surface area (Å²) in [6, 6.07) is 2.95. The van der Waals surface area contributed by atoms with E-state index in [1.807, 2.05) is 0 Å². The van der Waals surface area contributed by atoms with Gasteiger partial charge in [0, 0.05) is 29.8 Å². The second kappa shape index (κ2) is 6.36. The number of carbonyl (C=O) groups is 2. The minimum atomic E-state index is -0.963. The van der Waals surface area contributed by atoms with Gasteiger partial charge >= 0.3 is 5.97 Å². The molecule has 1 aromatic rings. The molecule has 1 amide bonds. The van der Waals surface area contributed by atoms with Gasteiger partial charge in [0.25, 0.3) is 11.6 Å². The normalized spacial score (nSPS) is 15.1. The standard InChI is InChI=1S/C16H20N2O5/c1-9-6-10(2)14(18(22)23)7-13(9)15(19)17(12-4-5-12)8-11(3)16(20)21/h6-7,11-12H,4-5,8H2,1-3H3,(H,20,21). The highest BCUT2D eigenvalue weighted by Gasteiger charge is 2.36.